The fraction of sp³-hybridized carbons (Fsp3) is 0.261. The van der Waals surface area contributed by atoms with Crippen LogP contribution < -0.4 is 15.4 Å². The van der Waals surface area contributed by atoms with Crippen molar-refractivity contribution in [2.24, 2.45) is 5.92 Å². The lowest BCUT2D eigenvalue weighted by Gasteiger charge is -2.15. The predicted octanol–water partition coefficient (Wildman–Crippen LogP) is 4.52. The zero-order valence-corrected chi connectivity index (χ0v) is 19.0. The second-order valence-electron chi connectivity index (χ2n) is 7.46. The monoisotopic (exact) mass is 483 g/mol. The number of nitrogens with one attached hydrogen (secondary N) is 2. The Kier molecular flexibility index (Phi) is 6.79. The van der Waals surface area contributed by atoms with E-state index in [1.807, 2.05) is 0 Å². The lowest BCUT2D eigenvalue weighted by atomic mass is 9.97. The van der Waals surface area contributed by atoms with Crippen molar-refractivity contribution in [3.8, 4) is 28.7 Å². The number of rotatable bonds is 6. The molecular weight excluding hydrogens is 464 g/mol. The van der Waals surface area contributed by atoms with E-state index in [0.717, 1.165) is 30.2 Å². The maximum atomic E-state index is 13.4. The Hall–Kier alpha value is -3.91. The SMILES string of the molecule is COc1cnc(C(F)F)cc1-c1cc(NC(C)=O)ccc1C(=O)Nc1nnc(C#CC2CC2)s1. The molecule has 1 aliphatic rings. The topological polar surface area (TPSA) is 106 Å². The Morgan fingerprint density at radius 1 is 1.18 bits per heavy atom. The largest absolute Gasteiger partial charge is 0.494 e. The van der Waals surface area contributed by atoms with Gasteiger partial charge in [0.05, 0.1) is 13.3 Å². The van der Waals surface area contributed by atoms with Gasteiger partial charge in [-0.25, -0.2) is 8.78 Å². The number of aromatic nitrogens is 3. The van der Waals surface area contributed by atoms with Gasteiger partial charge in [-0.05, 0) is 43.0 Å². The third-order valence-electron chi connectivity index (χ3n) is 4.81. The summed E-state index contributed by atoms with van der Waals surface area (Å²) in [4.78, 5) is 28.4. The molecule has 2 heterocycles. The van der Waals surface area contributed by atoms with Gasteiger partial charge in [0.15, 0.2) is 5.01 Å². The van der Waals surface area contributed by atoms with E-state index < -0.39 is 18.0 Å². The van der Waals surface area contributed by atoms with Crippen molar-refractivity contribution in [1.82, 2.24) is 15.2 Å². The molecule has 2 N–H and O–H groups in total. The number of halogens is 2. The first-order valence-electron chi connectivity index (χ1n) is 10.2. The minimum atomic E-state index is -2.82. The zero-order valence-electron chi connectivity index (χ0n) is 18.2. The van der Waals surface area contributed by atoms with Gasteiger partial charge in [-0.15, -0.1) is 10.2 Å². The molecule has 2 aromatic heterocycles. The molecule has 0 atom stereocenters. The highest BCUT2D eigenvalue weighted by Crippen LogP contribution is 2.36. The first kappa shape index (κ1) is 23.3. The van der Waals surface area contributed by atoms with Crippen molar-refractivity contribution in [2.45, 2.75) is 26.2 Å². The van der Waals surface area contributed by atoms with Crippen LogP contribution in [0.25, 0.3) is 11.1 Å². The van der Waals surface area contributed by atoms with Crippen molar-refractivity contribution in [3.05, 3.63) is 46.7 Å². The third kappa shape index (κ3) is 5.52. The highest BCUT2D eigenvalue weighted by molar-refractivity contribution is 7.15. The molecule has 1 aromatic carbocycles. The average molecular weight is 484 g/mol. The number of anilines is 2. The summed E-state index contributed by atoms with van der Waals surface area (Å²) < 4.78 is 32.0. The summed E-state index contributed by atoms with van der Waals surface area (Å²) >= 11 is 1.13. The third-order valence-corrected chi connectivity index (χ3v) is 5.57. The van der Waals surface area contributed by atoms with Crippen LogP contribution in [0, 0.1) is 17.8 Å². The Labute approximate surface area is 197 Å². The van der Waals surface area contributed by atoms with Gasteiger partial charge in [0.1, 0.15) is 11.4 Å². The summed E-state index contributed by atoms with van der Waals surface area (Å²) in [5.41, 5.74) is 0.543. The molecule has 11 heteroatoms. The molecule has 0 bridgehead atoms. The van der Waals surface area contributed by atoms with E-state index in [1.54, 1.807) is 0 Å². The number of hydrogen-bond acceptors (Lipinski definition) is 7. The number of methoxy groups -OCH3 is 1. The number of hydrogen-bond donors (Lipinski definition) is 2. The van der Waals surface area contributed by atoms with Crippen LogP contribution in [0.4, 0.5) is 19.6 Å². The number of amides is 2. The summed E-state index contributed by atoms with van der Waals surface area (Å²) in [6.07, 6.45) is 0.507. The van der Waals surface area contributed by atoms with E-state index in [9.17, 15) is 18.4 Å². The normalized spacial score (nSPS) is 12.6. The van der Waals surface area contributed by atoms with Gasteiger partial charge in [0.25, 0.3) is 12.3 Å². The second-order valence-corrected chi connectivity index (χ2v) is 8.44. The van der Waals surface area contributed by atoms with Crippen molar-refractivity contribution in [1.29, 1.82) is 0 Å². The molecule has 174 valence electrons. The molecule has 0 unspecified atom stereocenters. The molecule has 1 fully saturated rings. The minimum absolute atomic E-state index is 0.152. The molecule has 1 saturated carbocycles. The van der Waals surface area contributed by atoms with Gasteiger partial charge in [-0.2, -0.15) is 0 Å². The van der Waals surface area contributed by atoms with Crippen LogP contribution in [0.2, 0.25) is 0 Å². The maximum Gasteiger partial charge on any atom is 0.280 e. The van der Waals surface area contributed by atoms with Gasteiger partial charge in [0, 0.05) is 35.2 Å². The predicted molar refractivity (Wildman–Crippen MR) is 123 cm³/mol. The smallest absolute Gasteiger partial charge is 0.280 e. The molecule has 4 rings (SSSR count). The minimum Gasteiger partial charge on any atom is -0.494 e. The molecule has 0 radical (unpaired) electrons. The molecule has 2 amide bonds. The van der Waals surface area contributed by atoms with Crippen LogP contribution in [0.15, 0.2) is 30.5 Å². The van der Waals surface area contributed by atoms with Crippen molar-refractivity contribution >= 4 is 34.0 Å². The highest BCUT2D eigenvalue weighted by atomic mass is 32.1. The van der Waals surface area contributed by atoms with E-state index in [0.29, 0.717) is 16.6 Å². The van der Waals surface area contributed by atoms with Crippen molar-refractivity contribution in [2.75, 3.05) is 17.7 Å². The number of carbonyl (C=O) groups excluding carboxylic acids is 2. The van der Waals surface area contributed by atoms with Crippen molar-refractivity contribution in [3.63, 3.8) is 0 Å². The number of carbonyl (C=O) groups is 2. The lowest BCUT2D eigenvalue weighted by molar-refractivity contribution is -0.114. The van der Waals surface area contributed by atoms with E-state index in [4.69, 9.17) is 4.74 Å². The van der Waals surface area contributed by atoms with Crippen LogP contribution in [-0.4, -0.2) is 34.1 Å². The first-order chi connectivity index (χ1) is 16.3. The van der Waals surface area contributed by atoms with Gasteiger partial charge in [-0.1, -0.05) is 17.3 Å². The molecule has 0 spiro atoms. The highest BCUT2D eigenvalue weighted by Gasteiger charge is 2.21. The number of alkyl halides is 2. The summed E-state index contributed by atoms with van der Waals surface area (Å²) in [5.74, 6) is 5.74. The van der Waals surface area contributed by atoms with Gasteiger partial charge in [0.2, 0.25) is 11.0 Å². The van der Waals surface area contributed by atoms with E-state index in [2.05, 4.69) is 37.7 Å². The summed E-state index contributed by atoms with van der Waals surface area (Å²) in [6.45, 7) is 1.33. The Morgan fingerprint density at radius 2 is 1.97 bits per heavy atom. The van der Waals surface area contributed by atoms with E-state index in [-0.39, 0.29) is 33.5 Å². The average Bonchev–Trinajstić information content (AvgIpc) is 3.54. The second kappa shape index (κ2) is 9.93. The molecule has 0 aliphatic heterocycles. The van der Waals surface area contributed by atoms with Crippen LogP contribution >= 0.6 is 11.3 Å². The fourth-order valence-electron chi connectivity index (χ4n) is 3.08. The first-order valence-corrected chi connectivity index (χ1v) is 11.1. The summed E-state index contributed by atoms with van der Waals surface area (Å²) in [5, 5.41) is 14.0. The van der Waals surface area contributed by atoms with Crippen LogP contribution in [0.3, 0.4) is 0 Å². The van der Waals surface area contributed by atoms with Crippen LogP contribution in [0.1, 0.15) is 47.3 Å². The molecule has 1 aliphatic carbocycles. The molecular formula is C23H19F2N5O3S. The van der Waals surface area contributed by atoms with E-state index in [1.165, 1.54) is 38.4 Å². The van der Waals surface area contributed by atoms with Crippen LogP contribution in [-0.2, 0) is 4.79 Å². The zero-order chi connectivity index (χ0) is 24.2. The number of nitrogens with zero attached hydrogens (tertiary/aromatic N) is 3. The molecule has 3 aromatic rings. The number of benzene rings is 1. The molecule has 0 saturated heterocycles. The molecule has 8 nitrogen and oxygen atoms in total. The fourth-order valence-corrected chi connectivity index (χ4v) is 3.68. The lowest BCUT2D eigenvalue weighted by Crippen LogP contribution is -2.14. The van der Waals surface area contributed by atoms with Crippen molar-refractivity contribution < 1.29 is 23.1 Å². The Balaban J connectivity index is 1.71. The quantitative estimate of drug-likeness (QED) is 0.500. The Bertz CT molecular complexity index is 1310. The van der Waals surface area contributed by atoms with E-state index >= 15 is 0 Å². The number of pyridine rings is 1. The summed E-state index contributed by atoms with van der Waals surface area (Å²) in [6, 6.07) is 5.68. The molecule has 34 heavy (non-hydrogen) atoms. The maximum absolute atomic E-state index is 13.4. The van der Waals surface area contributed by atoms with Gasteiger partial charge < -0.3 is 10.1 Å². The Morgan fingerprint density at radius 3 is 2.65 bits per heavy atom. The van der Waals surface area contributed by atoms with Gasteiger partial charge in [-0.3, -0.25) is 19.9 Å². The standard InChI is InChI=1S/C23H19F2N5O3S/c1-12(31)27-14-6-7-15(16(9-14)17-10-18(21(24)25)26-11-19(17)33-2)22(32)28-23-30-29-20(34-23)8-5-13-3-4-13/h6-7,9-11,13,21H,3-4H2,1-2H3,(H,27,31)(H,28,30,32). The number of ether oxygens (including phenoxy) is 1. The van der Waals surface area contributed by atoms with Crippen LogP contribution in [0.5, 0.6) is 5.75 Å². The van der Waals surface area contributed by atoms with Gasteiger partial charge >= 0.3 is 0 Å². The summed E-state index contributed by atoms with van der Waals surface area (Å²) in [7, 11) is 1.37.